The average Bonchev–Trinajstić information content (AvgIpc) is 2.25. The van der Waals surface area contributed by atoms with Gasteiger partial charge in [-0.15, -0.1) is 0 Å². The summed E-state index contributed by atoms with van der Waals surface area (Å²) in [5.74, 6) is 1.10. The second kappa shape index (κ2) is 4.84. The molecule has 3 nitrogen and oxygen atoms in total. The molecule has 4 heteroatoms. The van der Waals surface area contributed by atoms with Crippen LogP contribution in [0.1, 0.15) is 29.8 Å². The largest absolute Gasteiger partial charge is 0.399 e. The van der Waals surface area contributed by atoms with E-state index in [0.29, 0.717) is 11.3 Å². The lowest BCUT2D eigenvalue weighted by Crippen LogP contribution is -2.46. The van der Waals surface area contributed by atoms with Crippen molar-refractivity contribution in [1.82, 2.24) is 4.90 Å². The normalized spacial score (nSPS) is 18.7. The molecule has 1 heterocycles. The SMILES string of the molecule is Cc1cc(N)cc(C(=O)N2CCSC(C)(C)C2)c1. The fourth-order valence-electron chi connectivity index (χ4n) is 2.31. The van der Waals surface area contributed by atoms with Crippen LogP contribution in [0.5, 0.6) is 0 Å². The number of nitrogens with zero attached hydrogens (tertiary/aromatic N) is 1. The lowest BCUT2D eigenvalue weighted by atomic mass is 10.1. The van der Waals surface area contributed by atoms with Crippen LogP contribution in [0.2, 0.25) is 0 Å². The Hall–Kier alpha value is -1.16. The van der Waals surface area contributed by atoms with Crippen LogP contribution in [-0.2, 0) is 0 Å². The van der Waals surface area contributed by atoms with E-state index < -0.39 is 0 Å². The number of anilines is 1. The second-order valence-electron chi connectivity index (χ2n) is 5.47. The molecule has 2 rings (SSSR count). The van der Waals surface area contributed by atoms with E-state index in [4.69, 9.17) is 5.73 Å². The summed E-state index contributed by atoms with van der Waals surface area (Å²) in [6.07, 6.45) is 0. The first-order valence-corrected chi connectivity index (χ1v) is 7.16. The fourth-order valence-corrected chi connectivity index (χ4v) is 3.42. The fraction of sp³-hybridized carbons (Fsp3) is 0.500. The van der Waals surface area contributed by atoms with Gasteiger partial charge in [0.05, 0.1) is 0 Å². The van der Waals surface area contributed by atoms with Gasteiger partial charge in [-0.2, -0.15) is 11.8 Å². The van der Waals surface area contributed by atoms with E-state index in [9.17, 15) is 4.79 Å². The van der Waals surface area contributed by atoms with Gasteiger partial charge in [-0.1, -0.05) is 0 Å². The zero-order chi connectivity index (χ0) is 13.3. The molecule has 0 unspecified atom stereocenters. The first-order valence-electron chi connectivity index (χ1n) is 6.18. The number of amides is 1. The molecule has 1 fully saturated rings. The first-order chi connectivity index (χ1) is 8.37. The summed E-state index contributed by atoms with van der Waals surface area (Å²) < 4.78 is 0.142. The van der Waals surface area contributed by atoms with Crippen LogP contribution in [0.4, 0.5) is 5.69 Å². The molecule has 0 radical (unpaired) electrons. The summed E-state index contributed by atoms with van der Waals surface area (Å²) >= 11 is 1.92. The summed E-state index contributed by atoms with van der Waals surface area (Å²) in [5.41, 5.74) is 8.20. The molecule has 1 aromatic carbocycles. The average molecular weight is 264 g/mol. The van der Waals surface area contributed by atoms with Crippen molar-refractivity contribution in [3.63, 3.8) is 0 Å². The van der Waals surface area contributed by atoms with Crippen LogP contribution < -0.4 is 5.73 Å². The van der Waals surface area contributed by atoms with Crippen LogP contribution in [0.25, 0.3) is 0 Å². The maximum atomic E-state index is 12.5. The molecule has 1 aromatic rings. The number of hydrogen-bond acceptors (Lipinski definition) is 3. The van der Waals surface area contributed by atoms with Crippen LogP contribution in [0, 0.1) is 6.92 Å². The van der Waals surface area contributed by atoms with Crippen LogP contribution >= 0.6 is 11.8 Å². The Morgan fingerprint density at radius 3 is 2.72 bits per heavy atom. The molecule has 0 saturated carbocycles. The highest BCUT2D eigenvalue weighted by atomic mass is 32.2. The molecule has 1 amide bonds. The van der Waals surface area contributed by atoms with Crippen LogP contribution in [0.15, 0.2) is 18.2 Å². The first kappa shape index (κ1) is 13.3. The number of carbonyl (C=O) groups is 1. The third-order valence-corrected chi connectivity index (χ3v) is 4.36. The molecule has 0 spiro atoms. The summed E-state index contributed by atoms with van der Waals surface area (Å²) in [6.45, 7) is 7.94. The number of thioether (sulfide) groups is 1. The van der Waals surface area contributed by atoms with Gasteiger partial charge in [-0.05, 0) is 44.5 Å². The van der Waals surface area contributed by atoms with Gasteiger partial charge in [0.15, 0.2) is 0 Å². The number of hydrogen-bond donors (Lipinski definition) is 1. The lowest BCUT2D eigenvalue weighted by Gasteiger charge is -2.37. The number of nitrogens with two attached hydrogens (primary N) is 1. The van der Waals surface area contributed by atoms with Crippen molar-refractivity contribution in [3.05, 3.63) is 29.3 Å². The maximum absolute atomic E-state index is 12.5. The molecule has 98 valence electrons. The minimum absolute atomic E-state index is 0.0961. The van der Waals surface area contributed by atoms with E-state index in [1.807, 2.05) is 35.7 Å². The van der Waals surface area contributed by atoms with Crippen molar-refractivity contribution in [2.75, 3.05) is 24.6 Å². The Labute approximate surface area is 113 Å². The Balaban J connectivity index is 2.20. The zero-order valence-electron chi connectivity index (χ0n) is 11.2. The zero-order valence-corrected chi connectivity index (χ0v) is 12.0. The minimum atomic E-state index is 0.0961. The molecule has 0 aromatic heterocycles. The van der Waals surface area contributed by atoms with Gasteiger partial charge in [0.2, 0.25) is 0 Å². The van der Waals surface area contributed by atoms with Crippen molar-refractivity contribution in [2.24, 2.45) is 0 Å². The molecule has 0 atom stereocenters. The number of rotatable bonds is 1. The summed E-state index contributed by atoms with van der Waals surface area (Å²) in [4.78, 5) is 14.4. The van der Waals surface area contributed by atoms with E-state index >= 15 is 0 Å². The van der Waals surface area contributed by atoms with Crippen molar-refractivity contribution < 1.29 is 4.79 Å². The highest BCUT2D eigenvalue weighted by Gasteiger charge is 2.30. The van der Waals surface area contributed by atoms with Crippen LogP contribution in [0.3, 0.4) is 0 Å². The topological polar surface area (TPSA) is 46.3 Å². The number of nitrogen functional groups attached to an aromatic ring is 1. The van der Waals surface area contributed by atoms with E-state index in [1.54, 1.807) is 6.07 Å². The van der Waals surface area contributed by atoms with Gasteiger partial charge in [0.1, 0.15) is 0 Å². The van der Waals surface area contributed by atoms with E-state index in [2.05, 4.69) is 13.8 Å². The summed E-state index contributed by atoms with van der Waals surface area (Å²) in [5, 5.41) is 0. The van der Waals surface area contributed by atoms with Gasteiger partial charge >= 0.3 is 0 Å². The maximum Gasteiger partial charge on any atom is 0.254 e. The lowest BCUT2D eigenvalue weighted by molar-refractivity contribution is 0.0748. The van der Waals surface area contributed by atoms with Crippen LogP contribution in [-0.4, -0.2) is 34.4 Å². The molecule has 1 saturated heterocycles. The monoisotopic (exact) mass is 264 g/mol. The standard InChI is InChI=1S/C14H20N2OS/c1-10-6-11(8-12(15)7-10)13(17)16-4-5-18-14(2,3)9-16/h6-8H,4-5,9,15H2,1-3H3. The van der Waals surface area contributed by atoms with Gasteiger partial charge in [-0.3, -0.25) is 4.79 Å². The quantitative estimate of drug-likeness (QED) is 0.793. The van der Waals surface area contributed by atoms with Crippen molar-refractivity contribution >= 4 is 23.4 Å². The summed E-state index contributed by atoms with van der Waals surface area (Å²) in [6, 6.07) is 5.56. The van der Waals surface area contributed by atoms with E-state index in [1.165, 1.54) is 0 Å². The number of aryl methyl sites for hydroxylation is 1. The van der Waals surface area contributed by atoms with Crippen molar-refractivity contribution in [3.8, 4) is 0 Å². The Bertz CT molecular complexity index is 451. The molecular weight excluding hydrogens is 244 g/mol. The Kier molecular flexibility index (Phi) is 3.57. The second-order valence-corrected chi connectivity index (χ2v) is 7.27. The molecule has 0 bridgehead atoms. The predicted octanol–water partition coefficient (Wildman–Crippen LogP) is 2.54. The van der Waals surface area contributed by atoms with E-state index in [0.717, 1.165) is 24.4 Å². The van der Waals surface area contributed by atoms with Gasteiger partial charge in [0, 0.05) is 34.8 Å². The highest BCUT2D eigenvalue weighted by molar-refractivity contribution is 8.00. The van der Waals surface area contributed by atoms with Gasteiger partial charge in [0.25, 0.3) is 5.91 Å². The van der Waals surface area contributed by atoms with Crippen molar-refractivity contribution in [1.29, 1.82) is 0 Å². The third-order valence-electron chi connectivity index (χ3n) is 3.06. The number of carbonyl (C=O) groups excluding carboxylic acids is 1. The predicted molar refractivity (Wildman–Crippen MR) is 78.0 cm³/mol. The smallest absolute Gasteiger partial charge is 0.254 e. The number of benzene rings is 1. The third kappa shape index (κ3) is 2.99. The van der Waals surface area contributed by atoms with Crippen molar-refractivity contribution in [2.45, 2.75) is 25.5 Å². The van der Waals surface area contributed by atoms with Gasteiger partial charge < -0.3 is 10.6 Å². The Morgan fingerprint density at radius 2 is 2.11 bits per heavy atom. The molecule has 0 aliphatic carbocycles. The highest BCUT2D eigenvalue weighted by Crippen LogP contribution is 2.30. The summed E-state index contributed by atoms with van der Waals surface area (Å²) in [7, 11) is 0. The minimum Gasteiger partial charge on any atom is -0.399 e. The molecule has 1 aliphatic rings. The molecule has 18 heavy (non-hydrogen) atoms. The van der Waals surface area contributed by atoms with Gasteiger partial charge in [-0.25, -0.2) is 0 Å². The van der Waals surface area contributed by atoms with E-state index in [-0.39, 0.29) is 10.7 Å². The Morgan fingerprint density at radius 1 is 1.39 bits per heavy atom. The molecule has 1 aliphatic heterocycles. The molecular formula is C14H20N2OS. The molecule has 2 N–H and O–H groups in total.